The Labute approximate surface area is 155 Å². The van der Waals surface area contributed by atoms with Gasteiger partial charge in [-0.25, -0.2) is 0 Å². The van der Waals surface area contributed by atoms with Crippen LogP contribution in [0.15, 0.2) is 66.8 Å². The summed E-state index contributed by atoms with van der Waals surface area (Å²) in [6.07, 6.45) is 9.08. The Morgan fingerprint density at radius 1 is 0.885 bits per heavy atom. The number of aryl methyl sites for hydroxylation is 1. The van der Waals surface area contributed by atoms with E-state index < -0.39 is 0 Å². The Kier molecular flexibility index (Phi) is 3.76. The maximum atomic E-state index is 3.64. The van der Waals surface area contributed by atoms with Crippen LogP contribution >= 0.6 is 0 Å². The van der Waals surface area contributed by atoms with E-state index in [-0.39, 0.29) is 0 Å². The third-order valence-corrected chi connectivity index (χ3v) is 5.69. The fraction of sp³-hybridized carbons (Fsp3) is 0.200. The van der Waals surface area contributed by atoms with Crippen molar-refractivity contribution in [2.45, 2.75) is 32.9 Å². The van der Waals surface area contributed by atoms with Gasteiger partial charge in [0.15, 0.2) is 0 Å². The van der Waals surface area contributed by atoms with E-state index >= 15 is 0 Å². The van der Waals surface area contributed by atoms with Gasteiger partial charge in [0.2, 0.25) is 0 Å². The highest BCUT2D eigenvalue weighted by Gasteiger charge is 2.20. The summed E-state index contributed by atoms with van der Waals surface area (Å²) in [6.45, 7) is 3.96. The number of hydrogen-bond acceptors (Lipinski definition) is 1. The quantitative estimate of drug-likeness (QED) is 0.664. The zero-order valence-electron chi connectivity index (χ0n) is 15.2. The van der Waals surface area contributed by atoms with Gasteiger partial charge in [-0.2, -0.15) is 0 Å². The van der Waals surface area contributed by atoms with Crippen molar-refractivity contribution < 1.29 is 0 Å². The summed E-state index contributed by atoms with van der Waals surface area (Å²) in [5.74, 6) is 0. The number of nitrogens with one attached hydrogen (secondary N) is 1. The van der Waals surface area contributed by atoms with Crippen LogP contribution in [0.1, 0.15) is 33.4 Å². The molecule has 2 aliphatic rings. The summed E-state index contributed by atoms with van der Waals surface area (Å²) in [6, 6.07) is 18.0. The summed E-state index contributed by atoms with van der Waals surface area (Å²) in [7, 11) is 0. The number of allylic oxidation sites excluding steroid dienone is 4. The molecule has 0 unspecified atom stereocenters. The van der Waals surface area contributed by atoms with Crippen LogP contribution in [0, 0.1) is 6.92 Å². The highest BCUT2D eigenvalue weighted by Crippen LogP contribution is 2.39. The van der Waals surface area contributed by atoms with Crippen LogP contribution in [-0.4, -0.2) is 0 Å². The molecule has 0 saturated heterocycles. The molecule has 0 radical (unpaired) electrons. The molecule has 0 saturated carbocycles. The largest absolute Gasteiger partial charge is 0.309 e. The van der Waals surface area contributed by atoms with Gasteiger partial charge in [-0.1, -0.05) is 72.3 Å². The highest BCUT2D eigenvalue weighted by molar-refractivity contribution is 6.02. The fourth-order valence-electron chi connectivity index (χ4n) is 4.30. The van der Waals surface area contributed by atoms with E-state index in [1.165, 1.54) is 49.7 Å². The van der Waals surface area contributed by atoms with Crippen molar-refractivity contribution in [2.24, 2.45) is 0 Å². The van der Waals surface area contributed by atoms with Crippen molar-refractivity contribution in [3.05, 3.63) is 100 Å². The first-order valence-electron chi connectivity index (χ1n) is 9.49. The first kappa shape index (κ1) is 15.6. The molecule has 3 aromatic rings. The van der Waals surface area contributed by atoms with Crippen LogP contribution in [0.2, 0.25) is 0 Å². The topological polar surface area (TPSA) is 12.0 Å². The zero-order chi connectivity index (χ0) is 17.5. The van der Waals surface area contributed by atoms with Crippen molar-refractivity contribution in [3.8, 4) is 0 Å². The molecule has 0 aromatic heterocycles. The van der Waals surface area contributed by atoms with Gasteiger partial charge in [-0.15, -0.1) is 0 Å². The van der Waals surface area contributed by atoms with Crippen molar-refractivity contribution in [3.63, 3.8) is 0 Å². The second-order valence-electron chi connectivity index (χ2n) is 7.46. The van der Waals surface area contributed by atoms with Crippen LogP contribution in [0.4, 0.5) is 0 Å². The Bertz CT molecular complexity index is 1050. The first-order chi connectivity index (χ1) is 12.8. The molecule has 1 N–H and O–H groups in total. The van der Waals surface area contributed by atoms with E-state index in [0.717, 1.165) is 25.9 Å². The lowest BCUT2D eigenvalue weighted by atomic mass is 9.80. The van der Waals surface area contributed by atoms with Gasteiger partial charge in [0.25, 0.3) is 0 Å². The van der Waals surface area contributed by atoms with Gasteiger partial charge in [0.1, 0.15) is 0 Å². The SMILES string of the molecule is Cc1ccc(CNCc2ccc3ccc4c5c3c2CC=C5C=CC4)cc1. The maximum absolute atomic E-state index is 3.64. The second kappa shape index (κ2) is 6.26. The van der Waals surface area contributed by atoms with Crippen molar-refractivity contribution >= 4 is 16.3 Å². The van der Waals surface area contributed by atoms with E-state index in [0.29, 0.717) is 0 Å². The average Bonchev–Trinajstić information content (AvgIpc) is 2.68. The van der Waals surface area contributed by atoms with Gasteiger partial charge >= 0.3 is 0 Å². The lowest BCUT2D eigenvalue weighted by Gasteiger charge is -2.25. The molecule has 5 rings (SSSR count). The number of hydrogen-bond donors (Lipinski definition) is 1. The lowest BCUT2D eigenvalue weighted by Crippen LogP contribution is -2.15. The predicted octanol–water partition coefficient (Wildman–Crippen LogP) is 5.49. The molecule has 0 bridgehead atoms. The second-order valence-corrected chi connectivity index (χ2v) is 7.46. The van der Waals surface area contributed by atoms with Crippen LogP contribution in [0.3, 0.4) is 0 Å². The lowest BCUT2D eigenvalue weighted by molar-refractivity contribution is 0.690. The first-order valence-corrected chi connectivity index (χ1v) is 9.49. The normalized spacial score (nSPS) is 14.6. The van der Waals surface area contributed by atoms with Gasteiger partial charge in [-0.05, 0) is 63.9 Å². The summed E-state index contributed by atoms with van der Waals surface area (Å²) >= 11 is 0. The minimum atomic E-state index is 0.911. The average molecular weight is 337 g/mol. The van der Waals surface area contributed by atoms with Crippen molar-refractivity contribution in [1.82, 2.24) is 5.32 Å². The molecule has 128 valence electrons. The molecule has 1 heteroatoms. The third kappa shape index (κ3) is 2.60. The zero-order valence-corrected chi connectivity index (χ0v) is 15.2. The molecule has 0 spiro atoms. The van der Waals surface area contributed by atoms with Gasteiger partial charge in [-0.3, -0.25) is 0 Å². The molecule has 1 nitrogen and oxygen atoms in total. The van der Waals surface area contributed by atoms with Gasteiger partial charge < -0.3 is 5.32 Å². The molecule has 0 heterocycles. The molecule has 0 fully saturated rings. The van der Waals surface area contributed by atoms with Crippen LogP contribution in [0.5, 0.6) is 0 Å². The van der Waals surface area contributed by atoms with E-state index in [2.05, 4.69) is 79.0 Å². The summed E-state index contributed by atoms with van der Waals surface area (Å²) < 4.78 is 0. The van der Waals surface area contributed by atoms with Gasteiger partial charge in [0.05, 0.1) is 0 Å². The molecule has 2 aliphatic carbocycles. The highest BCUT2D eigenvalue weighted by atomic mass is 14.8. The van der Waals surface area contributed by atoms with Gasteiger partial charge in [0, 0.05) is 13.1 Å². The van der Waals surface area contributed by atoms with Crippen molar-refractivity contribution in [1.29, 1.82) is 0 Å². The van der Waals surface area contributed by atoms with Crippen LogP contribution in [-0.2, 0) is 25.9 Å². The minimum absolute atomic E-state index is 0.911. The Hall–Kier alpha value is -2.64. The summed E-state index contributed by atoms with van der Waals surface area (Å²) in [4.78, 5) is 0. The Morgan fingerprint density at radius 2 is 1.73 bits per heavy atom. The fourth-order valence-corrected chi connectivity index (χ4v) is 4.30. The Balaban J connectivity index is 1.46. The molecule has 0 atom stereocenters. The molecule has 26 heavy (non-hydrogen) atoms. The van der Waals surface area contributed by atoms with Crippen LogP contribution < -0.4 is 5.32 Å². The maximum Gasteiger partial charge on any atom is 0.0211 e. The predicted molar refractivity (Wildman–Crippen MR) is 110 cm³/mol. The number of benzene rings is 3. The summed E-state index contributed by atoms with van der Waals surface area (Å²) in [5, 5.41) is 6.50. The molecular weight excluding hydrogens is 314 g/mol. The van der Waals surface area contributed by atoms with E-state index in [1.807, 2.05) is 0 Å². The minimum Gasteiger partial charge on any atom is -0.309 e. The molecule has 0 amide bonds. The van der Waals surface area contributed by atoms with Crippen LogP contribution in [0.25, 0.3) is 16.3 Å². The standard InChI is InChI=1S/C25H23N/c1-17-5-7-18(8-6-17)15-26-16-22-12-11-21-10-9-19-3-2-4-20-13-14-23(22)25(21)24(19)20/h2,4-13,26H,3,14-16H2,1H3. The van der Waals surface area contributed by atoms with E-state index in [4.69, 9.17) is 0 Å². The molecule has 0 aliphatic heterocycles. The third-order valence-electron chi connectivity index (χ3n) is 5.69. The Morgan fingerprint density at radius 3 is 2.62 bits per heavy atom. The summed E-state index contributed by atoms with van der Waals surface area (Å²) in [5.41, 5.74) is 9.96. The molecular formula is C25H23N. The molecule has 3 aromatic carbocycles. The van der Waals surface area contributed by atoms with E-state index in [9.17, 15) is 0 Å². The van der Waals surface area contributed by atoms with Crippen molar-refractivity contribution in [2.75, 3.05) is 0 Å². The smallest absolute Gasteiger partial charge is 0.0211 e. The van der Waals surface area contributed by atoms with E-state index in [1.54, 1.807) is 0 Å². The number of rotatable bonds is 4. The monoisotopic (exact) mass is 337 g/mol.